The molecule has 0 spiro atoms. The summed E-state index contributed by atoms with van der Waals surface area (Å²) in [6, 6.07) is 0. The van der Waals surface area contributed by atoms with E-state index >= 15 is 0 Å². The molecule has 0 unspecified atom stereocenters. The average molecular weight is 168 g/mol. The van der Waals surface area contributed by atoms with Crippen molar-refractivity contribution in [2.75, 3.05) is 6.61 Å². The quantitative estimate of drug-likeness (QED) is 0.633. The van der Waals surface area contributed by atoms with E-state index in [1.54, 1.807) is 0 Å². The molecule has 2 nitrogen and oxygen atoms in total. The molecule has 2 aliphatic rings. The maximum absolute atomic E-state index is 10.2. The van der Waals surface area contributed by atoms with Gasteiger partial charge in [0.1, 0.15) is 0 Å². The molecule has 1 aliphatic heterocycles. The number of aliphatic hydroxyl groups is 1. The molecule has 0 radical (unpaired) electrons. The van der Waals surface area contributed by atoms with Gasteiger partial charge in [-0.05, 0) is 25.7 Å². The minimum absolute atomic E-state index is 0.0162. The van der Waals surface area contributed by atoms with Gasteiger partial charge in [-0.1, -0.05) is 6.08 Å². The van der Waals surface area contributed by atoms with Gasteiger partial charge in [0.2, 0.25) is 0 Å². The largest absolute Gasteiger partial charge is 0.387 e. The Morgan fingerprint density at radius 1 is 1.67 bits per heavy atom. The third kappa shape index (κ3) is 1.02. The highest BCUT2D eigenvalue weighted by atomic mass is 16.5. The fraction of sp³-hybridized carbons (Fsp3) is 0.800. The molecule has 1 aliphatic carbocycles. The molecule has 1 N–H and O–H groups in total. The molecule has 0 amide bonds. The van der Waals surface area contributed by atoms with E-state index in [2.05, 4.69) is 6.58 Å². The van der Waals surface area contributed by atoms with Gasteiger partial charge in [-0.3, -0.25) is 0 Å². The second-order valence-corrected chi connectivity index (χ2v) is 3.93. The lowest BCUT2D eigenvalue weighted by molar-refractivity contribution is -0.0417. The average Bonchev–Trinajstić information content (AvgIpc) is 2.51. The Labute approximate surface area is 73.2 Å². The summed E-state index contributed by atoms with van der Waals surface area (Å²) in [4.78, 5) is 0. The highest BCUT2D eigenvalue weighted by Gasteiger charge is 2.51. The number of rotatable bonds is 2. The Balaban J connectivity index is 2.12. The molecule has 3 atom stereocenters. The molecule has 12 heavy (non-hydrogen) atoms. The van der Waals surface area contributed by atoms with Crippen LogP contribution in [0.2, 0.25) is 0 Å². The zero-order valence-electron chi connectivity index (χ0n) is 7.33. The molecule has 1 saturated heterocycles. The molecule has 68 valence electrons. The molecule has 2 heteroatoms. The second-order valence-electron chi connectivity index (χ2n) is 3.93. The summed E-state index contributed by atoms with van der Waals surface area (Å²) in [7, 11) is 0. The van der Waals surface area contributed by atoms with E-state index in [4.69, 9.17) is 4.74 Å². The number of fused-ring (bicyclic) bond motifs is 1. The fourth-order valence-electron chi connectivity index (χ4n) is 2.54. The summed E-state index contributed by atoms with van der Waals surface area (Å²) in [5.41, 5.74) is -0.520. The van der Waals surface area contributed by atoms with Gasteiger partial charge >= 0.3 is 0 Å². The first kappa shape index (κ1) is 8.27. The van der Waals surface area contributed by atoms with Gasteiger partial charge in [0.05, 0.1) is 18.3 Å². The molecule has 1 saturated carbocycles. The van der Waals surface area contributed by atoms with Crippen LogP contribution in [0.3, 0.4) is 0 Å². The molecule has 0 aromatic rings. The Morgan fingerprint density at radius 3 is 3.25 bits per heavy atom. The first-order valence-corrected chi connectivity index (χ1v) is 4.72. The highest BCUT2D eigenvalue weighted by molar-refractivity contribution is 5.03. The normalized spacial score (nSPS) is 46.1. The van der Waals surface area contributed by atoms with E-state index < -0.39 is 5.60 Å². The van der Waals surface area contributed by atoms with Crippen molar-refractivity contribution >= 4 is 0 Å². The second kappa shape index (κ2) is 2.86. The van der Waals surface area contributed by atoms with Crippen molar-refractivity contribution in [1.29, 1.82) is 0 Å². The lowest BCUT2D eigenvalue weighted by atomic mass is 9.87. The number of hydrogen-bond donors (Lipinski definition) is 1. The van der Waals surface area contributed by atoms with Gasteiger partial charge in [0, 0.05) is 5.92 Å². The molecule has 0 aromatic heterocycles. The predicted molar refractivity (Wildman–Crippen MR) is 46.8 cm³/mol. The van der Waals surface area contributed by atoms with Crippen LogP contribution in [0.5, 0.6) is 0 Å². The predicted octanol–water partition coefficient (Wildman–Crippen LogP) is 1.49. The zero-order chi connectivity index (χ0) is 8.60. The van der Waals surface area contributed by atoms with Crippen LogP contribution in [0.1, 0.15) is 25.7 Å². The molecular weight excluding hydrogens is 152 g/mol. The molecule has 1 heterocycles. The van der Waals surface area contributed by atoms with Crippen LogP contribution in [0.25, 0.3) is 0 Å². The smallest absolute Gasteiger partial charge is 0.0961 e. The van der Waals surface area contributed by atoms with E-state index in [0.717, 1.165) is 32.3 Å². The summed E-state index contributed by atoms with van der Waals surface area (Å²) in [5.74, 6) is 0.391. The summed E-state index contributed by atoms with van der Waals surface area (Å²) >= 11 is 0. The van der Waals surface area contributed by atoms with Gasteiger partial charge in [0.15, 0.2) is 0 Å². The summed E-state index contributed by atoms with van der Waals surface area (Å²) in [6.07, 6.45) is 5.83. The van der Waals surface area contributed by atoms with Gasteiger partial charge < -0.3 is 9.84 Å². The van der Waals surface area contributed by atoms with Crippen LogP contribution in [-0.4, -0.2) is 23.4 Å². The first-order valence-electron chi connectivity index (χ1n) is 4.72. The molecule has 0 aromatic carbocycles. The van der Waals surface area contributed by atoms with Crippen LogP contribution in [0.15, 0.2) is 12.7 Å². The monoisotopic (exact) mass is 168 g/mol. The van der Waals surface area contributed by atoms with E-state index in [9.17, 15) is 5.11 Å². The summed E-state index contributed by atoms with van der Waals surface area (Å²) in [6.45, 7) is 4.42. The maximum atomic E-state index is 10.2. The summed E-state index contributed by atoms with van der Waals surface area (Å²) < 4.78 is 5.54. The Bertz CT molecular complexity index is 190. The first-order chi connectivity index (χ1) is 5.77. The lowest BCUT2D eigenvalue weighted by Gasteiger charge is -2.26. The van der Waals surface area contributed by atoms with Crippen molar-refractivity contribution in [2.45, 2.75) is 37.4 Å². The van der Waals surface area contributed by atoms with E-state index in [1.165, 1.54) is 0 Å². The van der Waals surface area contributed by atoms with Crippen LogP contribution < -0.4 is 0 Å². The van der Waals surface area contributed by atoms with E-state index in [0.29, 0.717) is 5.92 Å². The zero-order valence-corrected chi connectivity index (χ0v) is 7.33. The SMILES string of the molecule is C=CC[C@H]1OC[C@@H]2CCC[C@@]21O. The van der Waals surface area contributed by atoms with Gasteiger partial charge in [-0.2, -0.15) is 0 Å². The topological polar surface area (TPSA) is 29.5 Å². The van der Waals surface area contributed by atoms with Crippen molar-refractivity contribution in [3.8, 4) is 0 Å². The minimum Gasteiger partial charge on any atom is -0.387 e. The standard InChI is InChI=1S/C10H16O2/c1-2-4-9-10(11)6-3-5-8(10)7-12-9/h2,8-9,11H,1,3-7H2/t8-,9+,10+/m0/s1. The van der Waals surface area contributed by atoms with Crippen molar-refractivity contribution in [2.24, 2.45) is 5.92 Å². The van der Waals surface area contributed by atoms with Crippen molar-refractivity contribution in [3.05, 3.63) is 12.7 Å². The van der Waals surface area contributed by atoms with Crippen molar-refractivity contribution in [1.82, 2.24) is 0 Å². The van der Waals surface area contributed by atoms with Crippen LogP contribution >= 0.6 is 0 Å². The third-order valence-electron chi connectivity index (χ3n) is 3.27. The molecule has 2 fully saturated rings. The highest BCUT2D eigenvalue weighted by Crippen LogP contribution is 2.45. The van der Waals surface area contributed by atoms with E-state index in [-0.39, 0.29) is 6.10 Å². The summed E-state index contributed by atoms with van der Waals surface area (Å²) in [5, 5.41) is 10.2. The minimum atomic E-state index is -0.520. The number of ether oxygens (including phenoxy) is 1. The van der Waals surface area contributed by atoms with Crippen LogP contribution in [0.4, 0.5) is 0 Å². The Morgan fingerprint density at radius 2 is 2.50 bits per heavy atom. The Kier molecular flexibility index (Phi) is 1.97. The van der Waals surface area contributed by atoms with E-state index in [1.807, 2.05) is 6.08 Å². The van der Waals surface area contributed by atoms with Gasteiger partial charge in [-0.15, -0.1) is 6.58 Å². The maximum Gasteiger partial charge on any atom is 0.0961 e. The molecular formula is C10H16O2. The Hall–Kier alpha value is -0.340. The molecule has 0 bridgehead atoms. The fourth-order valence-corrected chi connectivity index (χ4v) is 2.54. The van der Waals surface area contributed by atoms with Gasteiger partial charge in [0.25, 0.3) is 0 Å². The van der Waals surface area contributed by atoms with Crippen LogP contribution in [0, 0.1) is 5.92 Å². The third-order valence-corrected chi connectivity index (χ3v) is 3.27. The molecule has 2 rings (SSSR count). The van der Waals surface area contributed by atoms with Crippen molar-refractivity contribution in [3.63, 3.8) is 0 Å². The lowest BCUT2D eigenvalue weighted by Crippen LogP contribution is -2.39. The van der Waals surface area contributed by atoms with Gasteiger partial charge in [-0.25, -0.2) is 0 Å². The number of hydrogen-bond acceptors (Lipinski definition) is 2. The van der Waals surface area contributed by atoms with Crippen LogP contribution in [-0.2, 0) is 4.74 Å². The van der Waals surface area contributed by atoms with Crippen molar-refractivity contribution < 1.29 is 9.84 Å².